The summed E-state index contributed by atoms with van der Waals surface area (Å²) in [4.78, 5) is 12.6. The van der Waals surface area contributed by atoms with Crippen molar-refractivity contribution >= 4 is 15.7 Å². The van der Waals surface area contributed by atoms with Crippen LogP contribution in [-0.4, -0.2) is 26.2 Å². The van der Waals surface area contributed by atoms with Crippen LogP contribution in [0.4, 0.5) is 0 Å². The molecular weight excluding hydrogens is 352 g/mol. The van der Waals surface area contributed by atoms with Gasteiger partial charge in [0.1, 0.15) is 11.0 Å². The number of para-hydroxylation sites is 1. The van der Waals surface area contributed by atoms with Gasteiger partial charge in [0.25, 0.3) is 0 Å². The number of benzene rings is 2. The van der Waals surface area contributed by atoms with E-state index in [4.69, 9.17) is 10.00 Å². The highest BCUT2D eigenvalue weighted by atomic mass is 32.2. The number of carbonyl (C=O) groups is 1. The molecule has 0 spiro atoms. The number of nitrogens with zero attached hydrogens (tertiary/aromatic N) is 1. The molecule has 6 nitrogen and oxygen atoms in total. The molecule has 134 valence electrons. The van der Waals surface area contributed by atoms with Crippen molar-refractivity contribution in [3.63, 3.8) is 0 Å². The van der Waals surface area contributed by atoms with Crippen LogP contribution >= 0.6 is 0 Å². The highest BCUT2D eigenvalue weighted by molar-refractivity contribution is 7.92. The number of amides is 1. The van der Waals surface area contributed by atoms with E-state index in [0.29, 0.717) is 24.3 Å². The van der Waals surface area contributed by atoms with Crippen LogP contribution in [0.3, 0.4) is 0 Å². The van der Waals surface area contributed by atoms with Crippen LogP contribution in [0.15, 0.2) is 53.4 Å². The van der Waals surface area contributed by atoms with Gasteiger partial charge in [0.05, 0.1) is 29.2 Å². The fraction of sp³-hybridized carbons (Fsp3) is 0.263. The molecule has 7 heteroatoms. The second-order valence-electron chi connectivity index (χ2n) is 6.06. The molecule has 0 bridgehead atoms. The smallest absolute Gasteiger partial charge is 0.238 e. The molecule has 0 aromatic heterocycles. The first-order valence-corrected chi connectivity index (χ1v) is 9.74. The Morgan fingerprint density at radius 3 is 2.62 bits per heavy atom. The standard InChI is InChI=1S/C19H18N2O4S/c1-13(26(23,24)15-8-6-14(12-20)7-9-15)19(22)21-17-10-11-25-18-5-3-2-4-16(17)18/h2-9,13,17H,10-11H2,1H3,(H,21,22). The first-order valence-electron chi connectivity index (χ1n) is 8.19. The zero-order valence-corrected chi connectivity index (χ0v) is 15.0. The number of ether oxygens (including phenoxy) is 1. The van der Waals surface area contributed by atoms with E-state index in [-0.39, 0.29) is 10.9 Å². The van der Waals surface area contributed by atoms with Crippen molar-refractivity contribution in [2.24, 2.45) is 0 Å². The maximum Gasteiger partial charge on any atom is 0.238 e. The van der Waals surface area contributed by atoms with Crippen molar-refractivity contribution in [1.82, 2.24) is 5.32 Å². The van der Waals surface area contributed by atoms with Gasteiger partial charge in [0.15, 0.2) is 9.84 Å². The molecule has 1 aliphatic heterocycles. The van der Waals surface area contributed by atoms with Gasteiger partial charge in [-0.15, -0.1) is 0 Å². The van der Waals surface area contributed by atoms with E-state index in [0.717, 1.165) is 5.56 Å². The minimum atomic E-state index is -3.84. The molecule has 1 aliphatic rings. The topological polar surface area (TPSA) is 96.3 Å². The number of fused-ring (bicyclic) bond motifs is 1. The maximum absolute atomic E-state index is 12.7. The molecule has 1 amide bonds. The first kappa shape index (κ1) is 18.0. The Balaban J connectivity index is 1.78. The van der Waals surface area contributed by atoms with Crippen molar-refractivity contribution in [2.45, 2.75) is 29.5 Å². The summed E-state index contributed by atoms with van der Waals surface area (Å²) < 4.78 is 30.9. The van der Waals surface area contributed by atoms with Gasteiger partial charge in [-0.2, -0.15) is 5.26 Å². The van der Waals surface area contributed by atoms with Crippen molar-refractivity contribution < 1.29 is 17.9 Å². The molecule has 0 saturated carbocycles. The van der Waals surface area contributed by atoms with E-state index in [1.54, 1.807) is 0 Å². The predicted molar refractivity (Wildman–Crippen MR) is 95.2 cm³/mol. The largest absolute Gasteiger partial charge is 0.493 e. The summed E-state index contributed by atoms with van der Waals surface area (Å²) in [7, 11) is -3.84. The van der Waals surface area contributed by atoms with E-state index >= 15 is 0 Å². The Kier molecular flexibility index (Phi) is 4.96. The molecule has 0 saturated heterocycles. The van der Waals surface area contributed by atoms with E-state index in [9.17, 15) is 13.2 Å². The van der Waals surface area contributed by atoms with Gasteiger partial charge in [0.2, 0.25) is 5.91 Å². The van der Waals surface area contributed by atoms with Crippen LogP contribution in [0.2, 0.25) is 0 Å². The third-order valence-corrected chi connectivity index (χ3v) is 6.50. The van der Waals surface area contributed by atoms with Crippen LogP contribution in [0.1, 0.15) is 30.5 Å². The van der Waals surface area contributed by atoms with Gasteiger partial charge in [-0.05, 0) is 37.3 Å². The highest BCUT2D eigenvalue weighted by Crippen LogP contribution is 2.31. The van der Waals surface area contributed by atoms with Gasteiger partial charge in [-0.1, -0.05) is 18.2 Å². The van der Waals surface area contributed by atoms with Crippen molar-refractivity contribution in [3.8, 4) is 11.8 Å². The minimum absolute atomic E-state index is 0.0199. The highest BCUT2D eigenvalue weighted by Gasteiger charge is 2.32. The Morgan fingerprint density at radius 2 is 1.92 bits per heavy atom. The molecule has 1 heterocycles. The molecular formula is C19H18N2O4S. The van der Waals surface area contributed by atoms with Crippen LogP contribution in [0.25, 0.3) is 0 Å². The number of sulfone groups is 1. The number of hydrogen-bond donors (Lipinski definition) is 1. The Hall–Kier alpha value is -2.85. The van der Waals surface area contributed by atoms with Crippen molar-refractivity contribution in [3.05, 3.63) is 59.7 Å². The summed E-state index contributed by atoms with van der Waals surface area (Å²) >= 11 is 0. The minimum Gasteiger partial charge on any atom is -0.493 e. The molecule has 2 atom stereocenters. The van der Waals surface area contributed by atoms with Gasteiger partial charge in [-0.3, -0.25) is 4.79 Å². The van der Waals surface area contributed by atoms with Crippen LogP contribution < -0.4 is 10.1 Å². The molecule has 0 fully saturated rings. The summed E-state index contributed by atoms with van der Waals surface area (Å²) in [5, 5.41) is 10.4. The third kappa shape index (κ3) is 3.41. The number of nitriles is 1. The summed E-state index contributed by atoms with van der Waals surface area (Å²) in [5.74, 6) is 0.141. The zero-order valence-electron chi connectivity index (χ0n) is 14.2. The quantitative estimate of drug-likeness (QED) is 0.891. The average molecular weight is 370 g/mol. The van der Waals surface area contributed by atoms with E-state index < -0.39 is 21.0 Å². The first-order chi connectivity index (χ1) is 12.4. The molecule has 2 aromatic rings. The Bertz CT molecular complexity index is 962. The van der Waals surface area contributed by atoms with Gasteiger partial charge in [0, 0.05) is 12.0 Å². The molecule has 2 aromatic carbocycles. The summed E-state index contributed by atoms with van der Waals surface area (Å²) in [5.41, 5.74) is 1.20. The molecule has 2 unspecified atom stereocenters. The fourth-order valence-electron chi connectivity index (χ4n) is 2.85. The number of nitrogens with one attached hydrogen (secondary N) is 1. The molecule has 1 N–H and O–H groups in total. The number of rotatable bonds is 4. The number of hydrogen-bond acceptors (Lipinski definition) is 5. The van der Waals surface area contributed by atoms with E-state index in [1.807, 2.05) is 30.3 Å². The summed E-state index contributed by atoms with van der Waals surface area (Å²) in [6.07, 6.45) is 0.576. The zero-order chi connectivity index (χ0) is 18.7. The second kappa shape index (κ2) is 7.18. The van der Waals surface area contributed by atoms with E-state index in [2.05, 4.69) is 5.32 Å². The van der Waals surface area contributed by atoms with Crippen LogP contribution in [-0.2, 0) is 14.6 Å². The molecule has 3 rings (SSSR count). The van der Waals surface area contributed by atoms with Crippen LogP contribution in [0.5, 0.6) is 5.75 Å². The molecule has 26 heavy (non-hydrogen) atoms. The predicted octanol–water partition coefficient (Wildman–Crippen LogP) is 2.36. The maximum atomic E-state index is 12.7. The van der Waals surface area contributed by atoms with E-state index in [1.165, 1.54) is 31.2 Å². The monoisotopic (exact) mass is 370 g/mol. The number of carbonyl (C=O) groups excluding carboxylic acids is 1. The second-order valence-corrected chi connectivity index (χ2v) is 8.33. The van der Waals surface area contributed by atoms with Gasteiger partial charge in [-0.25, -0.2) is 8.42 Å². The Labute approximate surface area is 152 Å². The lowest BCUT2D eigenvalue weighted by Crippen LogP contribution is -2.41. The van der Waals surface area contributed by atoms with Crippen molar-refractivity contribution in [1.29, 1.82) is 5.26 Å². The lowest BCUT2D eigenvalue weighted by Gasteiger charge is -2.27. The van der Waals surface area contributed by atoms with Gasteiger partial charge < -0.3 is 10.1 Å². The lowest BCUT2D eigenvalue weighted by atomic mass is 10.0. The Morgan fingerprint density at radius 1 is 1.23 bits per heavy atom. The molecule has 0 aliphatic carbocycles. The summed E-state index contributed by atoms with van der Waals surface area (Å²) in [6, 6.07) is 14.6. The third-order valence-electron chi connectivity index (χ3n) is 4.42. The fourth-order valence-corrected chi connectivity index (χ4v) is 4.12. The van der Waals surface area contributed by atoms with Gasteiger partial charge >= 0.3 is 0 Å². The van der Waals surface area contributed by atoms with Crippen molar-refractivity contribution in [2.75, 3.05) is 6.61 Å². The lowest BCUT2D eigenvalue weighted by molar-refractivity contribution is -0.121. The van der Waals surface area contributed by atoms with Crippen LogP contribution in [0, 0.1) is 11.3 Å². The average Bonchev–Trinajstić information content (AvgIpc) is 2.67. The SMILES string of the molecule is CC(C(=O)NC1CCOc2ccccc21)S(=O)(=O)c1ccc(C#N)cc1. The molecule has 0 radical (unpaired) electrons. The summed E-state index contributed by atoms with van der Waals surface area (Å²) in [6.45, 7) is 1.83. The normalized spacial score (nSPS) is 17.3.